The van der Waals surface area contributed by atoms with E-state index in [1.165, 1.54) is 12.0 Å². The minimum absolute atomic E-state index is 0.0170. The average Bonchev–Trinajstić information content (AvgIpc) is 3.91. The van der Waals surface area contributed by atoms with E-state index in [2.05, 4.69) is 15.5 Å². The number of aromatic nitrogens is 4. The molecule has 71 heavy (non-hydrogen) atoms. The first-order valence-electron chi connectivity index (χ1n) is 25.5. The number of esters is 1. The third kappa shape index (κ3) is 15.6. The van der Waals surface area contributed by atoms with Crippen molar-refractivity contribution in [1.82, 2.24) is 25.1 Å². The number of piperidine rings is 1. The Hall–Kier alpha value is -4.30. The number of ketones is 3. The Morgan fingerprint density at radius 1 is 0.873 bits per heavy atom. The second kappa shape index (κ2) is 28.2. The fraction of sp³-hybridized carbons (Fsp3) is 0.736. The zero-order chi connectivity index (χ0) is 52.6. The Morgan fingerprint density at radius 2 is 1.61 bits per heavy atom. The summed E-state index contributed by atoms with van der Waals surface area (Å²) in [6, 6.07) is -1.19. The first kappa shape index (κ1) is 59.3. The lowest BCUT2D eigenvalue weighted by molar-refractivity contribution is -0.265. The van der Waals surface area contributed by atoms with Crippen molar-refractivity contribution in [2.45, 2.75) is 180 Å². The average molecular weight is 998 g/mol. The number of fused-ring (bicyclic) bond motifs is 3. The molecule has 15 atom stereocenters. The van der Waals surface area contributed by atoms with Gasteiger partial charge in [0, 0.05) is 65.6 Å². The number of rotatable bonds is 7. The van der Waals surface area contributed by atoms with Crippen LogP contribution in [-0.2, 0) is 47.7 Å². The molecule has 3 N–H and O–H groups in total. The molecule has 3 aliphatic heterocycles. The Morgan fingerprint density at radius 3 is 2.27 bits per heavy atom. The molecule has 1 amide bonds. The molecule has 1 aromatic heterocycles. The van der Waals surface area contributed by atoms with Crippen molar-refractivity contribution in [3.63, 3.8) is 0 Å². The van der Waals surface area contributed by atoms with Crippen LogP contribution in [0.5, 0.6) is 0 Å². The third-order valence-corrected chi connectivity index (χ3v) is 15.2. The Kier molecular flexibility index (Phi) is 23.6. The quantitative estimate of drug-likeness (QED) is 0.170. The largest absolute Gasteiger partial charge is 0.460 e. The molecule has 1 aliphatic carbocycles. The number of amides is 1. The van der Waals surface area contributed by atoms with E-state index in [9.17, 15) is 34.2 Å². The van der Waals surface area contributed by atoms with Crippen molar-refractivity contribution in [3.05, 3.63) is 53.9 Å². The number of hydrogen-bond donors (Lipinski definition) is 3. The highest BCUT2D eigenvalue weighted by Crippen LogP contribution is 2.39. The molecule has 1 saturated carbocycles. The molecule has 1 aromatic rings. The van der Waals surface area contributed by atoms with Crippen molar-refractivity contribution in [3.8, 4) is 0 Å². The van der Waals surface area contributed by atoms with Gasteiger partial charge in [-0.05, 0) is 117 Å². The fourth-order valence-corrected chi connectivity index (χ4v) is 10.7. The number of carbonyl (C=O) groups excluding carboxylic acids is 5. The van der Waals surface area contributed by atoms with E-state index in [-0.39, 0.29) is 60.9 Å². The maximum atomic E-state index is 14.5. The van der Waals surface area contributed by atoms with Crippen molar-refractivity contribution >= 4 is 29.2 Å². The van der Waals surface area contributed by atoms with Gasteiger partial charge in [-0.2, -0.15) is 0 Å². The smallest absolute Gasteiger partial charge is 0.329 e. The first-order chi connectivity index (χ1) is 33.8. The second-order valence-corrected chi connectivity index (χ2v) is 20.4. The van der Waals surface area contributed by atoms with E-state index in [4.69, 9.17) is 28.8 Å². The van der Waals surface area contributed by atoms with Gasteiger partial charge in [0.2, 0.25) is 5.79 Å². The van der Waals surface area contributed by atoms with Crippen LogP contribution >= 0.6 is 0 Å². The van der Waals surface area contributed by atoms with Crippen LogP contribution in [0.1, 0.15) is 132 Å². The molecule has 5 rings (SSSR count). The van der Waals surface area contributed by atoms with E-state index in [0.717, 1.165) is 25.5 Å². The van der Waals surface area contributed by atoms with Crippen LogP contribution in [0.2, 0.25) is 0 Å². The molecule has 0 spiro atoms. The lowest BCUT2D eigenvalue weighted by Gasteiger charge is -2.42. The van der Waals surface area contributed by atoms with Gasteiger partial charge in [0.25, 0.3) is 11.7 Å². The van der Waals surface area contributed by atoms with E-state index >= 15 is 0 Å². The van der Waals surface area contributed by atoms with Crippen LogP contribution in [0.15, 0.2) is 53.9 Å². The van der Waals surface area contributed by atoms with Crippen molar-refractivity contribution < 1.29 is 63.0 Å². The van der Waals surface area contributed by atoms with E-state index in [1.54, 1.807) is 52.1 Å². The SMILES string of the molecule is CO.CO[C@H]1CC2CC[C@@H](C)[C@@](O)(O2)C(=O)C(=O)N2CCCC[C@H]2C(=O)O[C@H]([C@H](C)C[C@@H]2CC[C@H](n3cnnn3)[C@H](OC)C2)CC(=O)[C@H](C)/C=C(\C)[C@@H](O)[C@@H](OC)C(=O)[C@H](C)C[C@H](C)/C=C/C=C/C=C/1C. The highest BCUT2D eigenvalue weighted by atomic mass is 16.6. The molecule has 4 heterocycles. The Bertz CT molecular complexity index is 2020. The molecule has 0 radical (unpaired) electrons. The summed E-state index contributed by atoms with van der Waals surface area (Å²) < 4.78 is 31.6. The lowest BCUT2D eigenvalue weighted by atomic mass is 9.77. The van der Waals surface area contributed by atoms with Gasteiger partial charge < -0.3 is 43.9 Å². The summed E-state index contributed by atoms with van der Waals surface area (Å²) in [6.45, 7) is 12.8. The molecule has 2 bridgehead atoms. The monoisotopic (exact) mass is 998 g/mol. The summed E-state index contributed by atoms with van der Waals surface area (Å²) in [5.41, 5.74) is 1.27. The van der Waals surface area contributed by atoms with Crippen LogP contribution in [0.3, 0.4) is 0 Å². The van der Waals surface area contributed by atoms with Crippen LogP contribution in [-0.4, -0.2) is 153 Å². The molecule has 4 aliphatic rings. The molecular weight excluding hydrogens is 915 g/mol. The summed E-state index contributed by atoms with van der Waals surface area (Å²) in [5, 5.41) is 42.2. The molecule has 3 fully saturated rings. The molecule has 18 heteroatoms. The number of Topliss-reactive ketones (excluding diaryl/α,β-unsaturated/α-hetero) is 3. The Labute approximate surface area is 420 Å². The standard InChI is InChI=1S/C52H79N5O12.CH4O/c1-31-16-12-11-13-17-32(2)43(65-8)28-39-21-19-37(7)52(64,69-39)49(61)50(62)56-23-15-14-18-41(56)51(63)68-44(34(4)26-38-20-22-40(45(27-38)66-9)57-30-53-54-55-57)29-42(58)33(3)25-36(6)47(60)48(67-10)46(59)35(5)24-31;1-2/h11-13,16-17,25,30-31,33-35,37-41,43-45,47-48,60,64H,14-15,18-24,26-29H2,1-10H3;2H,1H3/b13-11+,16-12+,32-17+,36-25+;/t31-,33-,34-,35-,37-,38+,39?,40+,41+,43+,44+,45-,47-,48+,52-;/m1./s1. The summed E-state index contributed by atoms with van der Waals surface area (Å²) in [5.74, 6) is -7.92. The molecular formula is C53H83N5O13. The zero-order valence-corrected chi connectivity index (χ0v) is 44.0. The van der Waals surface area contributed by atoms with Gasteiger partial charge in [-0.1, -0.05) is 71.1 Å². The summed E-state index contributed by atoms with van der Waals surface area (Å²) in [6.07, 6.45) is 13.9. The number of nitrogens with zero attached hydrogens (tertiary/aromatic N) is 5. The van der Waals surface area contributed by atoms with Gasteiger partial charge >= 0.3 is 5.97 Å². The minimum Gasteiger partial charge on any atom is -0.460 e. The maximum Gasteiger partial charge on any atom is 0.329 e. The number of hydrogen-bond acceptors (Lipinski definition) is 16. The number of tetrazole rings is 1. The van der Waals surface area contributed by atoms with Crippen molar-refractivity contribution in [2.75, 3.05) is 35.0 Å². The molecule has 1 unspecified atom stereocenters. The predicted molar refractivity (Wildman–Crippen MR) is 264 cm³/mol. The van der Waals surface area contributed by atoms with Crippen LogP contribution in [0.25, 0.3) is 0 Å². The van der Waals surface area contributed by atoms with Crippen LogP contribution in [0.4, 0.5) is 0 Å². The highest BCUT2D eigenvalue weighted by Gasteiger charge is 2.53. The zero-order valence-electron chi connectivity index (χ0n) is 44.0. The summed E-state index contributed by atoms with van der Waals surface area (Å²) in [4.78, 5) is 72.3. The fourth-order valence-electron chi connectivity index (χ4n) is 10.7. The van der Waals surface area contributed by atoms with E-state index in [0.29, 0.717) is 56.9 Å². The number of ether oxygens (including phenoxy) is 5. The maximum absolute atomic E-state index is 14.5. The number of cyclic esters (lactones) is 1. The number of aliphatic hydroxyl groups excluding tert-OH is 2. The van der Waals surface area contributed by atoms with Gasteiger partial charge in [0.1, 0.15) is 36.5 Å². The highest BCUT2D eigenvalue weighted by molar-refractivity contribution is 6.39. The number of aliphatic hydroxyl groups is 3. The van der Waals surface area contributed by atoms with Crippen LogP contribution < -0.4 is 0 Å². The van der Waals surface area contributed by atoms with E-state index < -0.39 is 77.8 Å². The van der Waals surface area contributed by atoms with Crippen molar-refractivity contribution in [1.29, 1.82) is 0 Å². The second-order valence-electron chi connectivity index (χ2n) is 20.4. The summed E-state index contributed by atoms with van der Waals surface area (Å²) >= 11 is 0. The Balaban J connectivity index is 0.00000540. The minimum atomic E-state index is -2.43. The topological polar surface area (TPSA) is 239 Å². The summed E-state index contributed by atoms with van der Waals surface area (Å²) in [7, 11) is 5.62. The number of carbonyl (C=O) groups is 5. The number of allylic oxidation sites excluding steroid dienone is 6. The predicted octanol–water partition coefficient (Wildman–Crippen LogP) is 5.66. The van der Waals surface area contributed by atoms with E-state index in [1.807, 2.05) is 58.1 Å². The first-order valence-corrected chi connectivity index (χ1v) is 25.5. The number of methoxy groups -OCH3 is 3. The van der Waals surface area contributed by atoms with Gasteiger partial charge in [0.05, 0.1) is 24.4 Å². The molecule has 18 nitrogen and oxygen atoms in total. The van der Waals surface area contributed by atoms with Gasteiger partial charge in [-0.25, -0.2) is 9.48 Å². The van der Waals surface area contributed by atoms with Gasteiger partial charge in [-0.15, -0.1) is 5.10 Å². The van der Waals surface area contributed by atoms with Gasteiger partial charge in [0.15, 0.2) is 5.78 Å². The molecule has 2 saturated heterocycles. The lowest BCUT2D eigenvalue weighted by Crippen LogP contribution is -2.61. The molecule has 0 aromatic carbocycles. The van der Waals surface area contributed by atoms with Crippen molar-refractivity contribution in [2.24, 2.45) is 35.5 Å². The normalized spacial score (nSPS) is 37.7. The van der Waals surface area contributed by atoms with Crippen LogP contribution in [0, 0.1) is 35.5 Å². The third-order valence-electron chi connectivity index (χ3n) is 15.2. The molecule has 398 valence electrons. The van der Waals surface area contributed by atoms with Gasteiger partial charge in [-0.3, -0.25) is 19.2 Å².